The first-order valence-corrected chi connectivity index (χ1v) is 9.31. The number of aromatic nitrogens is 4. The first-order valence-electron chi connectivity index (χ1n) is 9.31. The number of nitrogens with zero attached hydrogens (tertiary/aromatic N) is 4. The molecule has 0 bridgehead atoms. The van der Waals surface area contributed by atoms with Crippen LogP contribution in [0.1, 0.15) is 11.3 Å². The molecule has 1 aliphatic carbocycles. The van der Waals surface area contributed by atoms with Crippen LogP contribution >= 0.6 is 0 Å². The van der Waals surface area contributed by atoms with Gasteiger partial charge in [0.2, 0.25) is 0 Å². The van der Waals surface area contributed by atoms with Crippen LogP contribution in [0.25, 0.3) is 33.8 Å². The van der Waals surface area contributed by atoms with Gasteiger partial charge >= 0.3 is 6.61 Å². The summed E-state index contributed by atoms with van der Waals surface area (Å²) in [4.78, 5) is 13.4. The van der Waals surface area contributed by atoms with Gasteiger partial charge in [-0.2, -0.15) is 23.7 Å². The predicted octanol–water partition coefficient (Wildman–Crippen LogP) is 3.96. The monoisotopic (exact) mass is 406 g/mol. The van der Waals surface area contributed by atoms with Gasteiger partial charge < -0.3 is 4.74 Å². The number of hydrogen-bond donors (Lipinski definition) is 0. The molecule has 0 N–H and O–H groups in total. The summed E-state index contributed by atoms with van der Waals surface area (Å²) in [5.41, 5.74) is 3.80. The van der Waals surface area contributed by atoms with Crippen molar-refractivity contribution >= 4 is 17.0 Å². The van der Waals surface area contributed by atoms with Crippen molar-refractivity contribution in [3.8, 4) is 22.6 Å². The Bertz CT molecular complexity index is 1350. The molecule has 2 aromatic heterocycles. The van der Waals surface area contributed by atoms with Crippen LogP contribution in [0.2, 0.25) is 0 Å². The zero-order valence-electron chi connectivity index (χ0n) is 15.9. The maximum atomic E-state index is 13.4. The molecule has 0 fully saturated rings. The summed E-state index contributed by atoms with van der Waals surface area (Å²) in [5, 5.41) is 9.83. The van der Waals surface area contributed by atoms with Gasteiger partial charge in [0.25, 0.3) is 5.56 Å². The largest absolute Gasteiger partial charge is 0.435 e. The molecule has 8 heteroatoms. The third-order valence-electron chi connectivity index (χ3n) is 5.02. The average molecular weight is 406 g/mol. The van der Waals surface area contributed by atoms with Crippen molar-refractivity contribution in [2.45, 2.75) is 13.0 Å². The highest BCUT2D eigenvalue weighted by Gasteiger charge is 2.20. The van der Waals surface area contributed by atoms with Gasteiger partial charge in [-0.3, -0.25) is 9.48 Å². The average Bonchev–Trinajstić information content (AvgIpc) is 3.32. The number of halogens is 2. The van der Waals surface area contributed by atoms with Crippen molar-refractivity contribution in [2.24, 2.45) is 7.05 Å². The van der Waals surface area contributed by atoms with Crippen molar-refractivity contribution in [3.05, 3.63) is 76.3 Å². The second-order valence-electron chi connectivity index (χ2n) is 7.01. The molecule has 0 saturated carbocycles. The van der Waals surface area contributed by atoms with E-state index >= 15 is 0 Å². The first kappa shape index (κ1) is 18.2. The van der Waals surface area contributed by atoms with Crippen molar-refractivity contribution in [2.75, 3.05) is 0 Å². The lowest BCUT2D eigenvalue weighted by Crippen LogP contribution is -2.25. The number of alkyl halides is 2. The summed E-state index contributed by atoms with van der Waals surface area (Å²) in [6.07, 6.45) is 6.31. The lowest BCUT2D eigenvalue weighted by molar-refractivity contribution is -0.0498. The Labute approximate surface area is 169 Å². The third-order valence-corrected chi connectivity index (χ3v) is 5.02. The van der Waals surface area contributed by atoms with Crippen LogP contribution in [0.4, 0.5) is 8.78 Å². The Morgan fingerprint density at radius 1 is 1.10 bits per heavy atom. The van der Waals surface area contributed by atoms with E-state index in [2.05, 4.69) is 14.9 Å². The van der Waals surface area contributed by atoms with Gasteiger partial charge in [-0.05, 0) is 35.9 Å². The molecule has 0 saturated heterocycles. The summed E-state index contributed by atoms with van der Waals surface area (Å²) in [7, 11) is 1.84. The number of hydrogen-bond acceptors (Lipinski definition) is 4. The molecule has 0 radical (unpaired) electrons. The van der Waals surface area contributed by atoms with Gasteiger partial charge in [0.05, 0.1) is 22.5 Å². The van der Waals surface area contributed by atoms with E-state index in [9.17, 15) is 13.6 Å². The van der Waals surface area contributed by atoms with Crippen LogP contribution in [0.3, 0.4) is 0 Å². The minimum absolute atomic E-state index is 0.0392. The highest BCUT2D eigenvalue weighted by atomic mass is 19.3. The highest BCUT2D eigenvalue weighted by Crippen LogP contribution is 2.29. The van der Waals surface area contributed by atoms with Crippen LogP contribution in [-0.4, -0.2) is 26.2 Å². The van der Waals surface area contributed by atoms with Crippen LogP contribution < -0.4 is 10.3 Å². The lowest BCUT2D eigenvalue weighted by atomic mass is 10.0. The quantitative estimate of drug-likeness (QED) is 0.515. The minimum atomic E-state index is -2.90. The van der Waals surface area contributed by atoms with Gasteiger partial charge in [-0.1, -0.05) is 24.3 Å². The maximum absolute atomic E-state index is 13.4. The van der Waals surface area contributed by atoms with E-state index in [0.717, 1.165) is 22.2 Å². The van der Waals surface area contributed by atoms with Crippen LogP contribution in [-0.2, 0) is 13.5 Å². The summed E-state index contributed by atoms with van der Waals surface area (Å²) in [6.45, 7) is -2.90. The molecular weight excluding hydrogens is 390 g/mol. The molecule has 2 aromatic carbocycles. The summed E-state index contributed by atoms with van der Waals surface area (Å²) in [5.74, 6) is 0.0392. The molecule has 2 heterocycles. The molecule has 0 amide bonds. The Morgan fingerprint density at radius 3 is 2.67 bits per heavy atom. The minimum Gasteiger partial charge on any atom is -0.435 e. The third kappa shape index (κ3) is 3.06. The zero-order chi connectivity index (χ0) is 20.8. The number of aryl methyl sites for hydroxylation is 1. The topological polar surface area (TPSA) is 61.9 Å². The zero-order valence-corrected chi connectivity index (χ0v) is 15.9. The molecule has 0 atom stereocenters. The van der Waals surface area contributed by atoms with E-state index in [4.69, 9.17) is 0 Å². The van der Waals surface area contributed by atoms with E-state index in [1.165, 1.54) is 16.8 Å². The molecule has 0 unspecified atom stereocenters. The van der Waals surface area contributed by atoms with E-state index in [1.807, 2.05) is 43.6 Å². The van der Waals surface area contributed by atoms with Crippen molar-refractivity contribution in [1.29, 1.82) is 0 Å². The van der Waals surface area contributed by atoms with Gasteiger partial charge in [-0.25, -0.2) is 0 Å². The van der Waals surface area contributed by atoms with Gasteiger partial charge in [0.1, 0.15) is 5.75 Å². The van der Waals surface area contributed by atoms with E-state index in [1.54, 1.807) is 16.8 Å². The smallest absolute Gasteiger partial charge is 0.387 e. The van der Waals surface area contributed by atoms with Crippen LogP contribution in [0, 0.1) is 0 Å². The Morgan fingerprint density at radius 2 is 1.90 bits per heavy atom. The van der Waals surface area contributed by atoms with Crippen molar-refractivity contribution in [1.82, 2.24) is 19.6 Å². The van der Waals surface area contributed by atoms with Gasteiger partial charge in [0, 0.05) is 30.6 Å². The molecule has 30 heavy (non-hydrogen) atoms. The highest BCUT2D eigenvalue weighted by molar-refractivity contribution is 5.81. The lowest BCUT2D eigenvalue weighted by Gasteiger charge is -2.13. The van der Waals surface area contributed by atoms with E-state index < -0.39 is 6.61 Å². The van der Waals surface area contributed by atoms with E-state index in [0.29, 0.717) is 23.2 Å². The summed E-state index contributed by atoms with van der Waals surface area (Å²) < 4.78 is 32.4. The molecule has 4 aromatic rings. The molecule has 1 aliphatic rings. The number of rotatable bonds is 4. The Balaban J connectivity index is 1.67. The Kier molecular flexibility index (Phi) is 4.20. The van der Waals surface area contributed by atoms with E-state index in [-0.39, 0.29) is 11.3 Å². The van der Waals surface area contributed by atoms with Gasteiger partial charge in [-0.15, -0.1) is 0 Å². The SMILES string of the molecule is Cn1cc2cc(-n3nc4c(c(-c5ccc(OC(F)F)cc5)c3=O)C=CC4)ccc2n1. The number of ether oxygens (including phenoxy) is 1. The number of benzene rings is 2. The normalized spacial score (nSPS) is 12.7. The standard InChI is InChI=1S/C22H16F2N4O2/c1-27-12-14-11-15(7-10-18(14)25-27)28-21(29)20(17-3-2-4-19(17)26-28)13-5-8-16(9-6-13)30-22(23)24/h2-3,5-12,22H,4H2,1H3. The maximum Gasteiger partial charge on any atom is 0.387 e. The number of allylic oxidation sites excluding steroid dienone is 1. The second kappa shape index (κ2) is 6.91. The van der Waals surface area contributed by atoms with Crippen LogP contribution in [0.5, 0.6) is 5.75 Å². The van der Waals surface area contributed by atoms with Crippen molar-refractivity contribution < 1.29 is 13.5 Å². The fourth-order valence-corrected chi connectivity index (χ4v) is 3.73. The first-order chi connectivity index (χ1) is 14.5. The molecule has 5 rings (SSSR count). The predicted molar refractivity (Wildman–Crippen MR) is 109 cm³/mol. The fourth-order valence-electron chi connectivity index (χ4n) is 3.73. The Hall–Kier alpha value is -3.81. The molecule has 150 valence electrons. The van der Waals surface area contributed by atoms with Crippen molar-refractivity contribution in [3.63, 3.8) is 0 Å². The van der Waals surface area contributed by atoms with Gasteiger partial charge in [0.15, 0.2) is 0 Å². The summed E-state index contributed by atoms with van der Waals surface area (Å²) in [6, 6.07) is 11.6. The molecule has 0 aliphatic heterocycles. The second-order valence-corrected chi connectivity index (χ2v) is 7.01. The summed E-state index contributed by atoms with van der Waals surface area (Å²) >= 11 is 0. The molecule has 0 spiro atoms. The molecular formula is C22H16F2N4O2. The molecule has 6 nitrogen and oxygen atoms in total. The van der Waals surface area contributed by atoms with Crippen LogP contribution in [0.15, 0.2) is 59.5 Å². The fraction of sp³-hybridized carbons (Fsp3) is 0.136. The number of fused-ring (bicyclic) bond motifs is 2.